The first-order chi connectivity index (χ1) is 13.1. The van der Waals surface area contributed by atoms with Gasteiger partial charge in [-0.2, -0.15) is 0 Å². The molecule has 0 aliphatic carbocycles. The van der Waals surface area contributed by atoms with Crippen LogP contribution in [-0.2, 0) is 6.42 Å². The number of carbonyl (C=O) groups is 1. The zero-order chi connectivity index (χ0) is 19.6. The molecule has 0 amide bonds. The summed E-state index contributed by atoms with van der Waals surface area (Å²) < 4.78 is 16.4. The lowest BCUT2D eigenvalue weighted by Gasteiger charge is -2.13. The fraction of sp³-hybridized carbons (Fsp3) is 0.348. The monoisotopic (exact) mass is 368 g/mol. The maximum Gasteiger partial charge on any atom is 0.185 e. The van der Waals surface area contributed by atoms with Gasteiger partial charge in [-0.15, -0.1) is 0 Å². The van der Waals surface area contributed by atoms with Crippen molar-refractivity contribution in [1.29, 1.82) is 0 Å². The fourth-order valence-electron chi connectivity index (χ4n) is 2.80. The van der Waals surface area contributed by atoms with Gasteiger partial charge >= 0.3 is 0 Å². The third-order valence-corrected chi connectivity index (χ3v) is 4.20. The number of ketones is 1. The van der Waals surface area contributed by atoms with Crippen molar-refractivity contribution >= 4 is 11.9 Å². The standard InChI is InChI=1S/C23H28O4/c1-5-7-21-18(15-20(25-3)16-23(21)26-4)10-13-22(24)17-8-11-19(12-9-17)27-14-6-2/h8-13,15-16H,5-7,14H2,1-4H3. The van der Waals surface area contributed by atoms with E-state index in [1.54, 1.807) is 32.4 Å². The molecule has 0 aliphatic rings. The summed E-state index contributed by atoms with van der Waals surface area (Å²) in [6.45, 7) is 4.85. The molecule has 27 heavy (non-hydrogen) atoms. The van der Waals surface area contributed by atoms with Gasteiger partial charge in [-0.05, 0) is 54.8 Å². The number of hydrogen-bond acceptors (Lipinski definition) is 4. The van der Waals surface area contributed by atoms with Crippen LogP contribution in [0.3, 0.4) is 0 Å². The lowest BCUT2D eigenvalue weighted by molar-refractivity contribution is 0.104. The van der Waals surface area contributed by atoms with E-state index < -0.39 is 0 Å². The van der Waals surface area contributed by atoms with Crippen molar-refractivity contribution in [2.45, 2.75) is 33.1 Å². The molecule has 0 unspecified atom stereocenters. The van der Waals surface area contributed by atoms with Gasteiger partial charge in [0.25, 0.3) is 0 Å². The largest absolute Gasteiger partial charge is 0.497 e. The molecule has 0 atom stereocenters. The summed E-state index contributed by atoms with van der Waals surface area (Å²) in [5, 5.41) is 0. The van der Waals surface area contributed by atoms with Crippen molar-refractivity contribution < 1.29 is 19.0 Å². The summed E-state index contributed by atoms with van der Waals surface area (Å²) in [6, 6.07) is 11.0. The normalized spacial score (nSPS) is 10.8. The topological polar surface area (TPSA) is 44.8 Å². The lowest BCUT2D eigenvalue weighted by Crippen LogP contribution is -1.99. The lowest BCUT2D eigenvalue weighted by atomic mass is 10.00. The molecule has 0 saturated heterocycles. The average Bonchev–Trinajstić information content (AvgIpc) is 2.71. The Hall–Kier alpha value is -2.75. The van der Waals surface area contributed by atoms with E-state index in [1.807, 2.05) is 30.3 Å². The molecule has 0 bridgehead atoms. The Balaban J connectivity index is 2.24. The minimum atomic E-state index is -0.0544. The highest BCUT2D eigenvalue weighted by Crippen LogP contribution is 2.31. The number of carbonyl (C=O) groups excluding carboxylic acids is 1. The summed E-state index contributed by atoms with van der Waals surface area (Å²) in [5.74, 6) is 2.21. The molecule has 0 aliphatic heterocycles. The molecule has 0 radical (unpaired) electrons. The zero-order valence-corrected chi connectivity index (χ0v) is 16.6. The van der Waals surface area contributed by atoms with Gasteiger partial charge in [0.1, 0.15) is 17.2 Å². The summed E-state index contributed by atoms with van der Waals surface area (Å²) >= 11 is 0. The van der Waals surface area contributed by atoms with Gasteiger partial charge in [-0.1, -0.05) is 26.3 Å². The van der Waals surface area contributed by atoms with Crippen LogP contribution < -0.4 is 14.2 Å². The minimum absolute atomic E-state index is 0.0544. The van der Waals surface area contributed by atoms with Crippen LogP contribution in [0, 0.1) is 0 Å². The predicted molar refractivity (Wildman–Crippen MR) is 109 cm³/mol. The second-order valence-corrected chi connectivity index (χ2v) is 6.22. The Labute approximate surface area is 161 Å². The van der Waals surface area contributed by atoms with Crippen LogP contribution in [0.5, 0.6) is 17.2 Å². The Morgan fingerprint density at radius 1 is 0.963 bits per heavy atom. The molecule has 2 aromatic rings. The number of ether oxygens (including phenoxy) is 3. The molecule has 0 spiro atoms. The van der Waals surface area contributed by atoms with Gasteiger partial charge in [-0.3, -0.25) is 4.79 Å². The minimum Gasteiger partial charge on any atom is -0.497 e. The van der Waals surface area contributed by atoms with Crippen molar-refractivity contribution in [3.8, 4) is 17.2 Å². The van der Waals surface area contributed by atoms with Crippen LogP contribution in [0.25, 0.3) is 6.08 Å². The molecular formula is C23H28O4. The first kappa shape index (κ1) is 20.6. The molecule has 2 rings (SSSR count). The van der Waals surface area contributed by atoms with Crippen LogP contribution >= 0.6 is 0 Å². The zero-order valence-electron chi connectivity index (χ0n) is 16.6. The highest BCUT2D eigenvalue weighted by molar-refractivity contribution is 6.07. The van der Waals surface area contributed by atoms with Crippen LogP contribution in [0.15, 0.2) is 42.5 Å². The second kappa shape index (κ2) is 10.4. The van der Waals surface area contributed by atoms with Crippen molar-refractivity contribution in [2.75, 3.05) is 20.8 Å². The van der Waals surface area contributed by atoms with E-state index in [0.717, 1.165) is 41.9 Å². The van der Waals surface area contributed by atoms with Gasteiger partial charge in [-0.25, -0.2) is 0 Å². The first-order valence-corrected chi connectivity index (χ1v) is 9.33. The van der Waals surface area contributed by atoms with Crippen molar-refractivity contribution in [3.05, 3.63) is 59.2 Å². The van der Waals surface area contributed by atoms with Crippen molar-refractivity contribution in [2.24, 2.45) is 0 Å². The van der Waals surface area contributed by atoms with Gasteiger partial charge in [0.15, 0.2) is 5.78 Å². The summed E-state index contributed by atoms with van der Waals surface area (Å²) in [6.07, 6.45) is 6.23. The molecule has 0 saturated carbocycles. The summed E-state index contributed by atoms with van der Waals surface area (Å²) in [4.78, 5) is 12.5. The third kappa shape index (κ3) is 5.61. The molecule has 4 heteroatoms. The van der Waals surface area contributed by atoms with Crippen LogP contribution in [0.4, 0.5) is 0 Å². The third-order valence-electron chi connectivity index (χ3n) is 4.20. The van der Waals surface area contributed by atoms with E-state index >= 15 is 0 Å². The number of hydrogen-bond donors (Lipinski definition) is 0. The Morgan fingerprint density at radius 3 is 2.30 bits per heavy atom. The predicted octanol–water partition coefficient (Wildman–Crippen LogP) is 5.34. The number of methoxy groups -OCH3 is 2. The smallest absolute Gasteiger partial charge is 0.185 e. The summed E-state index contributed by atoms with van der Waals surface area (Å²) in [5.41, 5.74) is 2.64. The van der Waals surface area contributed by atoms with E-state index in [2.05, 4.69) is 13.8 Å². The van der Waals surface area contributed by atoms with Gasteiger partial charge in [0.2, 0.25) is 0 Å². The summed E-state index contributed by atoms with van der Waals surface area (Å²) in [7, 11) is 3.27. The molecule has 2 aromatic carbocycles. The van der Waals surface area contributed by atoms with Crippen molar-refractivity contribution in [3.63, 3.8) is 0 Å². The molecule has 4 nitrogen and oxygen atoms in total. The highest BCUT2D eigenvalue weighted by Gasteiger charge is 2.11. The molecule has 144 valence electrons. The maximum atomic E-state index is 12.5. The van der Waals surface area contributed by atoms with Gasteiger partial charge in [0.05, 0.1) is 20.8 Å². The number of allylic oxidation sites excluding steroid dienone is 1. The van der Waals surface area contributed by atoms with E-state index in [4.69, 9.17) is 14.2 Å². The second-order valence-electron chi connectivity index (χ2n) is 6.22. The SMILES string of the molecule is CCCOc1ccc(C(=O)C=Cc2cc(OC)cc(OC)c2CCC)cc1. The molecular weight excluding hydrogens is 340 g/mol. The number of rotatable bonds is 10. The van der Waals surface area contributed by atoms with E-state index in [0.29, 0.717) is 17.9 Å². The molecule has 0 aromatic heterocycles. The van der Waals surface area contributed by atoms with Gasteiger partial charge in [0, 0.05) is 17.2 Å². The van der Waals surface area contributed by atoms with E-state index in [1.165, 1.54) is 0 Å². The number of benzene rings is 2. The fourth-order valence-corrected chi connectivity index (χ4v) is 2.80. The Morgan fingerprint density at radius 2 is 1.70 bits per heavy atom. The van der Waals surface area contributed by atoms with Gasteiger partial charge < -0.3 is 14.2 Å². The Bertz CT molecular complexity index is 776. The highest BCUT2D eigenvalue weighted by atomic mass is 16.5. The molecule has 0 N–H and O–H groups in total. The maximum absolute atomic E-state index is 12.5. The van der Waals surface area contributed by atoms with Crippen molar-refractivity contribution in [1.82, 2.24) is 0 Å². The Kier molecular flexibility index (Phi) is 7.93. The van der Waals surface area contributed by atoms with Crippen LogP contribution in [0.2, 0.25) is 0 Å². The van der Waals surface area contributed by atoms with Crippen LogP contribution in [0.1, 0.15) is 48.2 Å². The first-order valence-electron chi connectivity index (χ1n) is 9.33. The molecule has 0 heterocycles. The van der Waals surface area contributed by atoms with E-state index in [9.17, 15) is 4.79 Å². The van der Waals surface area contributed by atoms with Crippen LogP contribution in [-0.4, -0.2) is 26.6 Å². The quantitative estimate of drug-likeness (QED) is 0.419. The molecule has 0 fully saturated rings. The van der Waals surface area contributed by atoms with E-state index in [-0.39, 0.29) is 5.78 Å². The average molecular weight is 368 g/mol.